The summed E-state index contributed by atoms with van der Waals surface area (Å²) in [5.74, 6) is -1.45. The van der Waals surface area contributed by atoms with Gasteiger partial charge in [-0.3, -0.25) is 19.2 Å². The number of anilines is 2. The van der Waals surface area contributed by atoms with Crippen LogP contribution in [0.5, 0.6) is 5.75 Å². The fourth-order valence-electron chi connectivity index (χ4n) is 5.57. The summed E-state index contributed by atoms with van der Waals surface area (Å²) in [5, 5.41) is 0. The maximum absolute atomic E-state index is 12.9. The minimum absolute atomic E-state index is 0.102. The molecule has 1 saturated carbocycles. The van der Waals surface area contributed by atoms with Crippen LogP contribution in [0.15, 0.2) is 42.5 Å². The molecular weight excluding hydrogens is 444 g/mol. The number of aryl methyl sites for hydroxylation is 2. The van der Waals surface area contributed by atoms with E-state index in [1.165, 1.54) is 10.5 Å². The number of rotatable bonds is 5. The van der Waals surface area contributed by atoms with Gasteiger partial charge < -0.3 is 9.64 Å². The summed E-state index contributed by atoms with van der Waals surface area (Å²) in [7, 11) is 0. The van der Waals surface area contributed by atoms with Crippen molar-refractivity contribution < 1.29 is 23.9 Å². The quantitative estimate of drug-likeness (QED) is 0.369. The molecule has 0 aromatic heterocycles. The number of amides is 3. The van der Waals surface area contributed by atoms with Crippen molar-refractivity contribution in [2.45, 2.75) is 52.4 Å². The Bertz CT molecular complexity index is 1160. The van der Waals surface area contributed by atoms with Gasteiger partial charge in [0.15, 0.2) is 0 Å². The van der Waals surface area contributed by atoms with Crippen LogP contribution < -0.4 is 14.5 Å². The average molecular weight is 475 g/mol. The largest absolute Gasteiger partial charge is 0.426 e. The first-order chi connectivity index (χ1) is 16.9. The molecule has 3 fully saturated rings. The Balaban J connectivity index is 1.26. The highest BCUT2D eigenvalue weighted by molar-refractivity contribution is 6.22. The molecule has 3 amide bonds. The van der Waals surface area contributed by atoms with Crippen molar-refractivity contribution in [3.05, 3.63) is 53.6 Å². The van der Waals surface area contributed by atoms with E-state index in [0.29, 0.717) is 17.0 Å². The van der Waals surface area contributed by atoms with Gasteiger partial charge in [-0.1, -0.05) is 31.9 Å². The summed E-state index contributed by atoms with van der Waals surface area (Å²) < 4.78 is 5.61. The standard InChI is InChI=1S/C28H30N2O5/c1-3-18-8-10-20(11-9-18)29-16-19(15-25(29)31)28(34)35-21-12-13-24(17(2)14-21)30-26(32)22-6-4-5-7-23(22)27(30)33/h8-14,19,22-23H,3-7,15-16H2,1-2H3/t19-,22-,23+/m1/s1. The molecule has 0 unspecified atom stereocenters. The molecule has 2 aliphatic heterocycles. The first-order valence-corrected chi connectivity index (χ1v) is 12.5. The normalized spacial score (nSPS) is 24.2. The van der Waals surface area contributed by atoms with Gasteiger partial charge in [-0.25, -0.2) is 4.90 Å². The third-order valence-corrected chi connectivity index (χ3v) is 7.58. The van der Waals surface area contributed by atoms with E-state index in [4.69, 9.17) is 4.74 Å². The van der Waals surface area contributed by atoms with Crippen LogP contribution in [0.25, 0.3) is 0 Å². The molecular formula is C28H30N2O5. The predicted molar refractivity (Wildman–Crippen MR) is 131 cm³/mol. The lowest BCUT2D eigenvalue weighted by Crippen LogP contribution is -2.31. The highest BCUT2D eigenvalue weighted by Crippen LogP contribution is 2.41. The maximum Gasteiger partial charge on any atom is 0.316 e. The zero-order valence-electron chi connectivity index (χ0n) is 20.2. The van der Waals surface area contributed by atoms with Gasteiger partial charge in [0.25, 0.3) is 0 Å². The fourth-order valence-corrected chi connectivity index (χ4v) is 5.57. The van der Waals surface area contributed by atoms with Crippen LogP contribution >= 0.6 is 0 Å². The van der Waals surface area contributed by atoms with E-state index >= 15 is 0 Å². The molecule has 2 heterocycles. The number of hydrogen-bond donors (Lipinski definition) is 0. The van der Waals surface area contributed by atoms with Crippen LogP contribution in [0.2, 0.25) is 0 Å². The monoisotopic (exact) mass is 474 g/mol. The van der Waals surface area contributed by atoms with Crippen LogP contribution in [0.3, 0.4) is 0 Å². The van der Waals surface area contributed by atoms with Gasteiger partial charge in [-0.05, 0) is 67.6 Å². The molecule has 0 spiro atoms. The van der Waals surface area contributed by atoms with Crippen LogP contribution in [0.4, 0.5) is 11.4 Å². The Morgan fingerprint density at radius 3 is 2.23 bits per heavy atom. The Hall–Kier alpha value is -3.48. The Labute approximate surface area is 205 Å². The van der Waals surface area contributed by atoms with Crippen LogP contribution in [0, 0.1) is 24.7 Å². The first-order valence-electron chi connectivity index (χ1n) is 12.5. The number of carbonyl (C=O) groups is 4. The minimum Gasteiger partial charge on any atom is -0.426 e. The summed E-state index contributed by atoms with van der Waals surface area (Å²) in [6, 6.07) is 12.8. The van der Waals surface area contributed by atoms with Gasteiger partial charge in [0.1, 0.15) is 5.75 Å². The molecule has 1 aliphatic carbocycles. The van der Waals surface area contributed by atoms with Gasteiger partial charge >= 0.3 is 5.97 Å². The number of fused-ring (bicyclic) bond motifs is 1. The SMILES string of the molecule is CCc1ccc(N2C[C@H](C(=O)Oc3ccc(N4C(=O)[C@H]5CCCC[C@H]5C4=O)c(C)c3)CC2=O)cc1. The molecule has 2 aromatic rings. The molecule has 2 aromatic carbocycles. The fraction of sp³-hybridized carbons (Fsp3) is 0.429. The molecule has 35 heavy (non-hydrogen) atoms. The molecule has 2 saturated heterocycles. The van der Waals surface area contributed by atoms with Crippen LogP contribution in [-0.2, 0) is 25.6 Å². The predicted octanol–water partition coefficient (Wildman–Crippen LogP) is 4.20. The number of carbonyl (C=O) groups excluding carboxylic acids is 4. The minimum atomic E-state index is -0.557. The summed E-state index contributed by atoms with van der Waals surface area (Å²) >= 11 is 0. The van der Waals surface area contributed by atoms with Crippen molar-refractivity contribution in [1.29, 1.82) is 0 Å². The number of esters is 1. The Morgan fingerprint density at radius 2 is 1.63 bits per heavy atom. The second-order valence-corrected chi connectivity index (χ2v) is 9.80. The van der Waals surface area contributed by atoms with Crippen molar-refractivity contribution in [2.75, 3.05) is 16.3 Å². The lowest BCUT2D eigenvalue weighted by Gasteiger charge is -2.19. The lowest BCUT2D eigenvalue weighted by molar-refractivity contribution is -0.139. The Kier molecular flexibility index (Phi) is 6.17. The highest BCUT2D eigenvalue weighted by atomic mass is 16.5. The lowest BCUT2D eigenvalue weighted by atomic mass is 9.81. The van der Waals surface area contributed by atoms with Crippen LogP contribution in [0.1, 0.15) is 50.2 Å². The number of nitrogens with zero attached hydrogens (tertiary/aromatic N) is 2. The molecule has 0 bridgehead atoms. The van der Waals surface area contributed by atoms with E-state index in [0.717, 1.165) is 37.8 Å². The van der Waals surface area contributed by atoms with E-state index in [9.17, 15) is 19.2 Å². The van der Waals surface area contributed by atoms with Gasteiger partial charge in [0.2, 0.25) is 17.7 Å². The smallest absolute Gasteiger partial charge is 0.316 e. The van der Waals surface area contributed by atoms with E-state index in [1.807, 2.05) is 24.3 Å². The molecule has 3 atom stereocenters. The number of benzene rings is 2. The summed E-state index contributed by atoms with van der Waals surface area (Å²) in [6.07, 6.45) is 4.51. The third kappa shape index (κ3) is 4.24. The van der Waals surface area contributed by atoms with Crippen molar-refractivity contribution in [3.63, 3.8) is 0 Å². The third-order valence-electron chi connectivity index (χ3n) is 7.58. The molecule has 7 heteroatoms. The zero-order valence-corrected chi connectivity index (χ0v) is 20.2. The molecule has 3 aliphatic rings. The average Bonchev–Trinajstić information content (AvgIpc) is 3.37. The van der Waals surface area contributed by atoms with E-state index in [-0.39, 0.29) is 42.5 Å². The number of imide groups is 1. The van der Waals surface area contributed by atoms with Crippen molar-refractivity contribution >= 4 is 35.1 Å². The Morgan fingerprint density at radius 1 is 0.971 bits per heavy atom. The topological polar surface area (TPSA) is 84.0 Å². The highest BCUT2D eigenvalue weighted by Gasteiger charge is 2.49. The molecule has 0 radical (unpaired) electrons. The second-order valence-electron chi connectivity index (χ2n) is 9.80. The molecule has 5 rings (SSSR count). The number of hydrogen-bond acceptors (Lipinski definition) is 5. The van der Waals surface area contributed by atoms with Gasteiger partial charge in [0, 0.05) is 18.7 Å². The molecule has 182 valence electrons. The van der Waals surface area contributed by atoms with Gasteiger partial charge in [0.05, 0.1) is 23.4 Å². The summed E-state index contributed by atoms with van der Waals surface area (Å²) in [5.41, 5.74) is 3.21. The summed E-state index contributed by atoms with van der Waals surface area (Å²) in [4.78, 5) is 54.2. The van der Waals surface area contributed by atoms with E-state index in [1.54, 1.807) is 30.0 Å². The van der Waals surface area contributed by atoms with Crippen molar-refractivity contribution in [3.8, 4) is 5.75 Å². The number of ether oxygens (including phenoxy) is 1. The molecule has 7 nitrogen and oxygen atoms in total. The molecule has 0 N–H and O–H groups in total. The van der Waals surface area contributed by atoms with E-state index in [2.05, 4.69) is 6.92 Å². The van der Waals surface area contributed by atoms with Gasteiger partial charge in [-0.15, -0.1) is 0 Å². The maximum atomic E-state index is 12.9. The second kappa shape index (κ2) is 9.29. The first kappa shape index (κ1) is 23.3. The van der Waals surface area contributed by atoms with Crippen molar-refractivity contribution in [2.24, 2.45) is 17.8 Å². The van der Waals surface area contributed by atoms with Crippen molar-refractivity contribution in [1.82, 2.24) is 0 Å². The summed E-state index contributed by atoms with van der Waals surface area (Å²) in [6.45, 7) is 4.15. The zero-order chi connectivity index (χ0) is 24.7. The van der Waals surface area contributed by atoms with Crippen LogP contribution in [-0.4, -0.2) is 30.2 Å². The van der Waals surface area contributed by atoms with Gasteiger partial charge in [-0.2, -0.15) is 0 Å². The van der Waals surface area contributed by atoms with E-state index < -0.39 is 11.9 Å².